The van der Waals surface area contributed by atoms with Crippen molar-refractivity contribution < 1.29 is 0 Å². The third kappa shape index (κ3) is 2.08. The molecule has 0 saturated heterocycles. The minimum Gasteiger partial charge on any atom is -0.290 e. The average Bonchev–Trinajstić information content (AvgIpc) is 3.08. The summed E-state index contributed by atoms with van der Waals surface area (Å²) in [4.78, 5) is 8.88. The molecule has 0 amide bonds. The number of para-hydroxylation sites is 1. The van der Waals surface area contributed by atoms with Crippen LogP contribution in [0.15, 0.2) is 35.7 Å². The molecule has 1 aliphatic heterocycles. The van der Waals surface area contributed by atoms with E-state index in [4.69, 9.17) is 4.98 Å². The Balaban J connectivity index is 1.60. The summed E-state index contributed by atoms with van der Waals surface area (Å²) in [5, 5.41) is 3.46. The highest BCUT2D eigenvalue weighted by Gasteiger charge is 2.25. The van der Waals surface area contributed by atoms with Gasteiger partial charge in [-0.2, -0.15) is 0 Å². The standard InChI is InChI=1S/C16H16N2S2/c1-11-12-7-9-19-14(12)6-8-18(11)10-16-17-13-4-2-3-5-15(13)20-16/h2-5,7,9,11H,6,8,10H2,1H3/t11-/m1/s1. The van der Waals surface area contributed by atoms with Gasteiger partial charge in [0.2, 0.25) is 0 Å². The summed E-state index contributed by atoms with van der Waals surface area (Å²) in [5.41, 5.74) is 2.65. The number of thiophene rings is 1. The monoisotopic (exact) mass is 300 g/mol. The van der Waals surface area contributed by atoms with Gasteiger partial charge >= 0.3 is 0 Å². The first kappa shape index (κ1) is 12.5. The van der Waals surface area contributed by atoms with Crippen LogP contribution < -0.4 is 0 Å². The molecular weight excluding hydrogens is 284 g/mol. The van der Waals surface area contributed by atoms with Crippen molar-refractivity contribution in [3.05, 3.63) is 51.2 Å². The maximum absolute atomic E-state index is 4.76. The van der Waals surface area contributed by atoms with E-state index in [2.05, 4.69) is 47.5 Å². The summed E-state index contributed by atoms with van der Waals surface area (Å²) in [6.45, 7) is 4.43. The topological polar surface area (TPSA) is 16.1 Å². The van der Waals surface area contributed by atoms with Gasteiger partial charge in [-0.1, -0.05) is 12.1 Å². The first-order chi connectivity index (χ1) is 9.81. The molecule has 1 aromatic carbocycles. The summed E-state index contributed by atoms with van der Waals surface area (Å²) in [7, 11) is 0. The van der Waals surface area contributed by atoms with E-state index in [0.717, 1.165) is 18.6 Å². The second-order valence-electron chi connectivity index (χ2n) is 5.27. The molecule has 4 heteroatoms. The molecule has 3 heterocycles. The van der Waals surface area contributed by atoms with Gasteiger partial charge in [-0.15, -0.1) is 22.7 Å². The fourth-order valence-corrected chi connectivity index (χ4v) is 4.89. The molecule has 20 heavy (non-hydrogen) atoms. The van der Waals surface area contributed by atoms with Crippen LogP contribution in [0, 0.1) is 0 Å². The van der Waals surface area contributed by atoms with Crippen molar-refractivity contribution in [2.45, 2.75) is 25.9 Å². The number of hydrogen-bond acceptors (Lipinski definition) is 4. The van der Waals surface area contributed by atoms with Gasteiger partial charge < -0.3 is 0 Å². The number of benzene rings is 1. The van der Waals surface area contributed by atoms with Crippen LogP contribution in [-0.2, 0) is 13.0 Å². The van der Waals surface area contributed by atoms with Gasteiger partial charge in [0, 0.05) is 17.5 Å². The molecule has 0 unspecified atom stereocenters. The summed E-state index contributed by atoms with van der Waals surface area (Å²) in [6.07, 6.45) is 1.18. The Kier molecular flexibility index (Phi) is 3.10. The van der Waals surface area contributed by atoms with Crippen molar-refractivity contribution in [2.75, 3.05) is 6.54 Å². The van der Waals surface area contributed by atoms with Crippen LogP contribution in [0.3, 0.4) is 0 Å². The molecular formula is C16H16N2S2. The van der Waals surface area contributed by atoms with E-state index < -0.39 is 0 Å². The lowest BCUT2D eigenvalue weighted by molar-refractivity contribution is 0.191. The highest BCUT2D eigenvalue weighted by Crippen LogP contribution is 2.34. The molecule has 0 N–H and O–H groups in total. The molecule has 102 valence electrons. The van der Waals surface area contributed by atoms with E-state index >= 15 is 0 Å². The molecule has 1 aliphatic rings. The first-order valence-corrected chi connectivity index (χ1v) is 8.65. The zero-order valence-electron chi connectivity index (χ0n) is 11.4. The molecule has 1 atom stereocenters. The molecule has 0 radical (unpaired) electrons. The third-order valence-electron chi connectivity index (χ3n) is 4.08. The van der Waals surface area contributed by atoms with Gasteiger partial charge in [0.25, 0.3) is 0 Å². The maximum Gasteiger partial charge on any atom is 0.108 e. The molecule has 0 bridgehead atoms. The Morgan fingerprint density at radius 1 is 1.30 bits per heavy atom. The Bertz CT molecular complexity index is 711. The van der Waals surface area contributed by atoms with Crippen molar-refractivity contribution >= 4 is 32.9 Å². The Labute approximate surface area is 126 Å². The van der Waals surface area contributed by atoms with Crippen molar-refractivity contribution in [3.63, 3.8) is 0 Å². The van der Waals surface area contributed by atoms with Crippen LogP contribution in [0.1, 0.15) is 28.4 Å². The van der Waals surface area contributed by atoms with Crippen LogP contribution in [0.5, 0.6) is 0 Å². The number of fused-ring (bicyclic) bond motifs is 2. The summed E-state index contributed by atoms with van der Waals surface area (Å²) < 4.78 is 1.29. The third-order valence-corrected chi connectivity index (χ3v) is 6.10. The summed E-state index contributed by atoms with van der Waals surface area (Å²) >= 11 is 3.73. The molecule has 2 nitrogen and oxygen atoms in total. The van der Waals surface area contributed by atoms with E-state index in [1.165, 1.54) is 21.7 Å². The van der Waals surface area contributed by atoms with Gasteiger partial charge in [-0.05, 0) is 42.5 Å². The van der Waals surface area contributed by atoms with Crippen molar-refractivity contribution in [2.24, 2.45) is 0 Å². The van der Waals surface area contributed by atoms with Gasteiger partial charge in [-0.25, -0.2) is 4.98 Å². The minimum absolute atomic E-state index is 0.511. The molecule has 0 fully saturated rings. The SMILES string of the molecule is C[C@@H]1c2ccsc2CCN1Cc1nc2ccccc2s1. The zero-order chi connectivity index (χ0) is 13.5. The Morgan fingerprint density at radius 3 is 3.10 bits per heavy atom. The van der Waals surface area contributed by atoms with Crippen LogP contribution in [0.2, 0.25) is 0 Å². The van der Waals surface area contributed by atoms with Crippen LogP contribution in [0.25, 0.3) is 10.2 Å². The normalized spacial score (nSPS) is 19.4. The molecule has 0 spiro atoms. The number of thiazole rings is 1. The second kappa shape index (κ2) is 4.95. The highest BCUT2D eigenvalue weighted by atomic mass is 32.1. The maximum atomic E-state index is 4.76. The number of rotatable bonds is 2. The predicted octanol–water partition coefficient (Wildman–Crippen LogP) is 4.48. The van der Waals surface area contributed by atoms with Crippen molar-refractivity contribution in [3.8, 4) is 0 Å². The molecule has 2 aromatic heterocycles. The summed E-state index contributed by atoms with van der Waals surface area (Å²) in [6, 6.07) is 11.2. The molecule has 4 rings (SSSR count). The lowest BCUT2D eigenvalue weighted by Crippen LogP contribution is -2.32. The fourth-order valence-electron chi connectivity index (χ4n) is 2.94. The molecule has 0 saturated carbocycles. The lowest BCUT2D eigenvalue weighted by Gasteiger charge is -2.32. The Hall–Kier alpha value is -1.23. The minimum atomic E-state index is 0.511. The van der Waals surface area contributed by atoms with E-state index in [9.17, 15) is 0 Å². The second-order valence-corrected chi connectivity index (χ2v) is 7.39. The van der Waals surface area contributed by atoms with E-state index in [-0.39, 0.29) is 0 Å². The van der Waals surface area contributed by atoms with Crippen molar-refractivity contribution in [1.82, 2.24) is 9.88 Å². The molecule has 3 aromatic rings. The van der Waals surface area contributed by atoms with Gasteiger partial charge in [0.05, 0.1) is 16.8 Å². The van der Waals surface area contributed by atoms with E-state index in [0.29, 0.717) is 6.04 Å². The molecule has 0 aliphatic carbocycles. The largest absolute Gasteiger partial charge is 0.290 e. The smallest absolute Gasteiger partial charge is 0.108 e. The van der Waals surface area contributed by atoms with Gasteiger partial charge in [0.1, 0.15) is 5.01 Å². The van der Waals surface area contributed by atoms with Gasteiger partial charge in [0.15, 0.2) is 0 Å². The first-order valence-electron chi connectivity index (χ1n) is 6.96. The number of hydrogen-bond donors (Lipinski definition) is 0. The number of nitrogens with zero attached hydrogens (tertiary/aromatic N) is 2. The van der Waals surface area contributed by atoms with Crippen LogP contribution >= 0.6 is 22.7 Å². The van der Waals surface area contributed by atoms with Crippen LogP contribution in [-0.4, -0.2) is 16.4 Å². The highest BCUT2D eigenvalue weighted by molar-refractivity contribution is 7.18. The Morgan fingerprint density at radius 2 is 2.20 bits per heavy atom. The average molecular weight is 300 g/mol. The zero-order valence-corrected chi connectivity index (χ0v) is 13.0. The lowest BCUT2D eigenvalue weighted by atomic mass is 10.0. The predicted molar refractivity (Wildman–Crippen MR) is 86.5 cm³/mol. The van der Waals surface area contributed by atoms with E-state index in [1.54, 1.807) is 4.88 Å². The fraction of sp³-hybridized carbons (Fsp3) is 0.312. The van der Waals surface area contributed by atoms with Crippen molar-refractivity contribution in [1.29, 1.82) is 0 Å². The van der Waals surface area contributed by atoms with E-state index in [1.807, 2.05) is 22.7 Å². The van der Waals surface area contributed by atoms with Crippen LogP contribution in [0.4, 0.5) is 0 Å². The quantitative estimate of drug-likeness (QED) is 0.694. The van der Waals surface area contributed by atoms with Gasteiger partial charge in [-0.3, -0.25) is 4.90 Å². The number of aromatic nitrogens is 1. The summed E-state index contributed by atoms with van der Waals surface area (Å²) in [5.74, 6) is 0.